The number of nitrogens with zero attached hydrogens (tertiary/aromatic N) is 6. The van der Waals surface area contributed by atoms with E-state index < -0.39 is 11.7 Å². The average Bonchev–Trinajstić information content (AvgIpc) is 2.72. The summed E-state index contributed by atoms with van der Waals surface area (Å²) in [4.78, 5) is 20.7. The fraction of sp³-hybridized carbons (Fsp3) is 0.368. The van der Waals surface area contributed by atoms with E-state index in [0.29, 0.717) is 19.0 Å². The van der Waals surface area contributed by atoms with Crippen molar-refractivity contribution in [2.75, 3.05) is 31.1 Å². The molecule has 0 N–H and O–H groups in total. The predicted molar refractivity (Wildman–Crippen MR) is 98.8 cm³/mol. The molecule has 6 nitrogen and oxygen atoms in total. The quantitative estimate of drug-likeness (QED) is 0.686. The SMILES string of the molecule is CC(c1ccc2nccnc2c1)N1CCN(c2ncc(C(F)(F)F)cn2)CC1. The van der Waals surface area contributed by atoms with Crippen LogP contribution in [0.3, 0.4) is 0 Å². The monoisotopic (exact) mass is 388 g/mol. The highest BCUT2D eigenvalue weighted by Gasteiger charge is 2.32. The molecule has 0 radical (unpaired) electrons. The topological polar surface area (TPSA) is 58.0 Å². The third-order valence-corrected chi connectivity index (χ3v) is 5.09. The van der Waals surface area contributed by atoms with E-state index >= 15 is 0 Å². The van der Waals surface area contributed by atoms with Crippen molar-refractivity contribution in [2.45, 2.75) is 19.1 Å². The third-order valence-electron chi connectivity index (χ3n) is 5.09. The minimum atomic E-state index is -4.42. The molecular weight excluding hydrogens is 369 g/mol. The first-order valence-corrected chi connectivity index (χ1v) is 9.01. The van der Waals surface area contributed by atoms with Gasteiger partial charge < -0.3 is 4.90 Å². The Kier molecular flexibility index (Phi) is 4.84. The molecule has 0 bridgehead atoms. The lowest BCUT2D eigenvalue weighted by Crippen LogP contribution is -2.47. The summed E-state index contributed by atoms with van der Waals surface area (Å²) in [5.41, 5.74) is 2.06. The smallest absolute Gasteiger partial charge is 0.338 e. The zero-order valence-corrected chi connectivity index (χ0v) is 15.3. The molecule has 146 valence electrons. The minimum Gasteiger partial charge on any atom is -0.338 e. The zero-order chi connectivity index (χ0) is 19.7. The molecule has 1 fully saturated rings. The Hall–Kier alpha value is -2.81. The normalized spacial score (nSPS) is 17.1. The molecule has 4 rings (SSSR count). The maximum absolute atomic E-state index is 12.7. The summed E-state index contributed by atoms with van der Waals surface area (Å²) < 4.78 is 38.0. The van der Waals surface area contributed by atoms with Gasteiger partial charge in [0.15, 0.2) is 0 Å². The van der Waals surface area contributed by atoms with Crippen LogP contribution in [0.5, 0.6) is 0 Å². The summed E-state index contributed by atoms with van der Waals surface area (Å²) in [5.74, 6) is 0.335. The molecule has 3 aromatic rings. The molecule has 0 saturated carbocycles. The van der Waals surface area contributed by atoms with Crippen LogP contribution in [0.1, 0.15) is 24.1 Å². The highest BCUT2D eigenvalue weighted by molar-refractivity contribution is 5.74. The molecule has 0 aliphatic carbocycles. The second kappa shape index (κ2) is 7.31. The second-order valence-electron chi connectivity index (χ2n) is 6.77. The minimum absolute atomic E-state index is 0.196. The molecule has 1 atom stereocenters. The van der Waals surface area contributed by atoms with Crippen LogP contribution >= 0.6 is 0 Å². The summed E-state index contributed by atoms with van der Waals surface area (Å²) in [6.07, 6.45) is 0.616. The summed E-state index contributed by atoms with van der Waals surface area (Å²) >= 11 is 0. The van der Waals surface area contributed by atoms with Gasteiger partial charge in [-0.3, -0.25) is 14.9 Å². The molecule has 9 heteroatoms. The van der Waals surface area contributed by atoms with Crippen LogP contribution in [0.2, 0.25) is 0 Å². The van der Waals surface area contributed by atoms with E-state index in [0.717, 1.165) is 42.1 Å². The van der Waals surface area contributed by atoms with Crippen LogP contribution in [0.4, 0.5) is 19.1 Å². The van der Waals surface area contributed by atoms with Crippen molar-refractivity contribution in [3.8, 4) is 0 Å². The van der Waals surface area contributed by atoms with Gasteiger partial charge in [-0.1, -0.05) is 6.07 Å². The Morgan fingerprint density at radius 1 is 0.893 bits per heavy atom. The lowest BCUT2D eigenvalue weighted by Gasteiger charge is -2.38. The van der Waals surface area contributed by atoms with Crippen molar-refractivity contribution in [2.24, 2.45) is 0 Å². The van der Waals surface area contributed by atoms with Gasteiger partial charge in [0.05, 0.1) is 16.6 Å². The Morgan fingerprint density at radius 2 is 1.54 bits per heavy atom. The van der Waals surface area contributed by atoms with Crippen molar-refractivity contribution in [3.05, 3.63) is 54.1 Å². The van der Waals surface area contributed by atoms with Crippen LogP contribution < -0.4 is 4.90 Å². The average molecular weight is 388 g/mol. The Labute approximate surface area is 160 Å². The maximum Gasteiger partial charge on any atom is 0.419 e. The molecule has 28 heavy (non-hydrogen) atoms. The number of anilines is 1. The van der Waals surface area contributed by atoms with E-state index in [1.165, 1.54) is 0 Å². The fourth-order valence-electron chi connectivity index (χ4n) is 3.39. The third kappa shape index (κ3) is 3.75. The van der Waals surface area contributed by atoms with Crippen LogP contribution in [-0.2, 0) is 6.18 Å². The number of alkyl halides is 3. The lowest BCUT2D eigenvalue weighted by atomic mass is 10.1. The molecule has 2 aromatic heterocycles. The second-order valence-corrected chi connectivity index (χ2v) is 6.77. The number of hydrogen-bond donors (Lipinski definition) is 0. The van der Waals surface area contributed by atoms with Gasteiger partial charge in [0.1, 0.15) is 0 Å². The van der Waals surface area contributed by atoms with Crippen LogP contribution in [0, 0.1) is 0 Å². The number of rotatable bonds is 3. The van der Waals surface area contributed by atoms with E-state index in [1.807, 2.05) is 11.0 Å². The summed E-state index contributed by atoms with van der Waals surface area (Å²) in [5, 5.41) is 0. The number of aromatic nitrogens is 4. The van der Waals surface area contributed by atoms with E-state index in [2.05, 4.69) is 43.9 Å². The van der Waals surface area contributed by atoms with Gasteiger partial charge >= 0.3 is 6.18 Å². The van der Waals surface area contributed by atoms with E-state index in [-0.39, 0.29) is 6.04 Å². The van der Waals surface area contributed by atoms with E-state index in [1.54, 1.807) is 12.4 Å². The van der Waals surface area contributed by atoms with Gasteiger partial charge in [-0.25, -0.2) is 9.97 Å². The fourth-order valence-corrected chi connectivity index (χ4v) is 3.39. The largest absolute Gasteiger partial charge is 0.419 e. The van der Waals surface area contributed by atoms with Crippen molar-refractivity contribution in [3.63, 3.8) is 0 Å². The first-order chi connectivity index (χ1) is 13.4. The summed E-state index contributed by atoms with van der Waals surface area (Å²) in [6.45, 7) is 4.99. The molecule has 0 amide bonds. The number of benzene rings is 1. The molecule has 1 aliphatic heterocycles. The van der Waals surface area contributed by atoms with E-state index in [4.69, 9.17) is 0 Å². The number of hydrogen-bond acceptors (Lipinski definition) is 6. The van der Waals surface area contributed by atoms with Gasteiger partial charge in [-0.15, -0.1) is 0 Å². The summed E-state index contributed by atoms with van der Waals surface area (Å²) in [6, 6.07) is 6.29. The molecule has 0 spiro atoms. The zero-order valence-electron chi connectivity index (χ0n) is 15.3. The molecular formula is C19H19F3N6. The van der Waals surface area contributed by atoms with Gasteiger partial charge in [-0.2, -0.15) is 13.2 Å². The molecule has 1 aliphatic rings. The molecule has 1 saturated heterocycles. The van der Waals surface area contributed by atoms with Crippen LogP contribution in [0.25, 0.3) is 11.0 Å². The van der Waals surface area contributed by atoms with Gasteiger partial charge in [-0.05, 0) is 24.6 Å². The van der Waals surface area contributed by atoms with Crippen molar-refractivity contribution in [1.29, 1.82) is 0 Å². The highest BCUT2D eigenvalue weighted by atomic mass is 19.4. The van der Waals surface area contributed by atoms with Crippen molar-refractivity contribution >= 4 is 17.0 Å². The first kappa shape index (κ1) is 18.5. The maximum atomic E-state index is 12.7. The molecule has 1 aromatic carbocycles. The first-order valence-electron chi connectivity index (χ1n) is 9.01. The summed E-state index contributed by atoms with van der Waals surface area (Å²) in [7, 11) is 0. The molecule has 1 unspecified atom stereocenters. The number of fused-ring (bicyclic) bond motifs is 1. The number of piperazine rings is 1. The van der Waals surface area contributed by atoms with Crippen molar-refractivity contribution < 1.29 is 13.2 Å². The molecule has 3 heterocycles. The lowest BCUT2D eigenvalue weighted by molar-refractivity contribution is -0.138. The van der Waals surface area contributed by atoms with Crippen LogP contribution in [0.15, 0.2) is 43.0 Å². The van der Waals surface area contributed by atoms with E-state index in [9.17, 15) is 13.2 Å². The number of halogens is 3. The highest BCUT2D eigenvalue weighted by Crippen LogP contribution is 2.29. The Balaban J connectivity index is 1.41. The van der Waals surface area contributed by atoms with Gasteiger partial charge in [0.2, 0.25) is 5.95 Å². The Morgan fingerprint density at radius 3 is 2.18 bits per heavy atom. The van der Waals surface area contributed by atoms with Crippen molar-refractivity contribution in [1.82, 2.24) is 24.8 Å². The standard InChI is InChI=1S/C19H19F3N6/c1-13(14-2-3-16-17(10-14)24-5-4-23-16)27-6-8-28(9-7-27)18-25-11-15(12-26-18)19(20,21)22/h2-5,10-13H,6-9H2,1H3. The van der Waals surface area contributed by atoms with Gasteiger partial charge in [0, 0.05) is 57.0 Å². The Bertz CT molecular complexity index is 952. The van der Waals surface area contributed by atoms with Crippen LogP contribution in [-0.4, -0.2) is 51.0 Å². The predicted octanol–water partition coefficient (Wildman–Crippen LogP) is 3.32. The van der Waals surface area contributed by atoms with Gasteiger partial charge in [0.25, 0.3) is 0 Å².